The molecule has 0 bridgehead atoms. The molecule has 0 aliphatic carbocycles. The zero-order valence-corrected chi connectivity index (χ0v) is 43.0. The summed E-state index contributed by atoms with van der Waals surface area (Å²) >= 11 is 0. The van der Waals surface area contributed by atoms with Gasteiger partial charge in [0.2, 0.25) is 0 Å². The van der Waals surface area contributed by atoms with E-state index in [0.29, 0.717) is 0 Å². The summed E-state index contributed by atoms with van der Waals surface area (Å²) < 4.78 is 72.3. The summed E-state index contributed by atoms with van der Waals surface area (Å²) in [5.74, 6) is -0.986. The van der Waals surface area contributed by atoms with Crippen LogP contribution in [0.2, 0.25) is 0 Å². The van der Waals surface area contributed by atoms with Crippen molar-refractivity contribution in [1.82, 2.24) is 5.32 Å². The molecule has 7 fully saturated rings. The minimum atomic E-state index is -2.24. The van der Waals surface area contributed by atoms with Crippen LogP contribution in [0.1, 0.15) is 0 Å². The highest BCUT2D eigenvalue weighted by Crippen LogP contribution is 2.38. The third-order valence-corrected chi connectivity index (χ3v) is 15.0. The minimum Gasteiger partial charge on any atom is -0.394 e. The Morgan fingerprint density at radius 1 is 0.317 bits per heavy atom. The molecule has 0 aromatic heterocycles. The second kappa shape index (κ2) is 29.4. The van der Waals surface area contributed by atoms with Gasteiger partial charge < -0.3 is 185 Å². The summed E-state index contributed by atoms with van der Waals surface area (Å²) in [4.78, 5) is 12.8. The van der Waals surface area contributed by atoms with Crippen LogP contribution in [0, 0.1) is 0 Å². The Bertz CT molecular complexity index is 1950. The molecule has 38 heteroatoms. The highest BCUT2D eigenvalue weighted by molar-refractivity contribution is 5.81. The van der Waals surface area contributed by atoms with Gasteiger partial charge in [0.25, 0.3) is 5.91 Å². The normalized spacial score (nSPS) is 51.4. The van der Waals surface area contributed by atoms with E-state index in [0.717, 1.165) is 0 Å². The average molecular weight is 1210 g/mol. The van der Waals surface area contributed by atoms with Gasteiger partial charge in [-0.2, -0.15) is 0 Å². The van der Waals surface area contributed by atoms with Crippen molar-refractivity contribution in [2.24, 2.45) is 5.73 Å². The highest BCUT2D eigenvalue weighted by atomic mass is 16.8. The lowest BCUT2D eigenvalue weighted by atomic mass is 9.95. The van der Waals surface area contributed by atoms with Crippen molar-refractivity contribution in [3.05, 3.63) is 0 Å². The zero-order chi connectivity index (χ0) is 60.3. The third kappa shape index (κ3) is 14.0. The Balaban J connectivity index is 0.949. The molecule has 0 radical (unpaired) electrons. The second-order valence-electron chi connectivity index (χ2n) is 20.3. The maximum Gasteiger partial charge on any atom is 0.252 e. The van der Waals surface area contributed by atoms with E-state index in [-0.39, 0.29) is 13.1 Å². The van der Waals surface area contributed by atoms with Crippen LogP contribution in [-0.2, 0) is 66.4 Å². The first-order valence-electron chi connectivity index (χ1n) is 25.9. The van der Waals surface area contributed by atoms with Gasteiger partial charge >= 0.3 is 0 Å². The monoisotopic (exact) mass is 1210 g/mol. The number of amides is 1. The summed E-state index contributed by atoms with van der Waals surface area (Å²) in [5, 5.41) is 237. The fourth-order valence-corrected chi connectivity index (χ4v) is 10.3. The first kappa shape index (κ1) is 67.5. The molecule has 7 aliphatic rings. The molecular weight excluding hydrogens is 1130 g/mol. The van der Waals surface area contributed by atoms with Crippen molar-refractivity contribution in [3.8, 4) is 0 Å². The lowest BCUT2D eigenvalue weighted by Gasteiger charge is -2.50. The molecule has 0 saturated carbocycles. The van der Waals surface area contributed by atoms with E-state index in [9.17, 15) is 117 Å². The molecule has 1 amide bonds. The summed E-state index contributed by atoms with van der Waals surface area (Å²) in [7, 11) is 0. The number of rotatable bonds is 21. The minimum absolute atomic E-state index is 0.0426. The van der Waals surface area contributed by atoms with Gasteiger partial charge in [0.05, 0.1) is 39.6 Å². The number of ether oxygens (including phenoxy) is 13. The molecule has 7 aliphatic heterocycles. The molecular formula is C44H76N2O36. The first-order chi connectivity index (χ1) is 38.9. The van der Waals surface area contributed by atoms with Crippen molar-refractivity contribution in [3.63, 3.8) is 0 Å². The second-order valence-corrected chi connectivity index (χ2v) is 20.3. The molecule has 0 spiro atoms. The van der Waals surface area contributed by atoms with Gasteiger partial charge in [-0.3, -0.25) is 4.79 Å². The van der Waals surface area contributed by atoms with Crippen LogP contribution in [0.5, 0.6) is 0 Å². The Hall–Kier alpha value is -1.97. The number of aliphatic hydroxyl groups excluding tert-OH is 22. The Kier molecular flexibility index (Phi) is 24.2. The van der Waals surface area contributed by atoms with Gasteiger partial charge in [0.1, 0.15) is 165 Å². The van der Waals surface area contributed by atoms with E-state index >= 15 is 0 Å². The predicted molar refractivity (Wildman–Crippen MR) is 247 cm³/mol. The maximum absolute atomic E-state index is 12.8. The molecule has 7 saturated heterocycles. The van der Waals surface area contributed by atoms with E-state index in [4.69, 9.17) is 67.3 Å². The van der Waals surface area contributed by atoms with Crippen LogP contribution in [0.15, 0.2) is 0 Å². The van der Waals surface area contributed by atoms with Gasteiger partial charge in [0, 0.05) is 13.1 Å². The van der Waals surface area contributed by atoms with Crippen molar-refractivity contribution in [2.75, 3.05) is 52.7 Å². The van der Waals surface area contributed by atoms with E-state index in [2.05, 4.69) is 5.32 Å². The number of nitrogens with two attached hydrogens (primary N) is 1. The number of aliphatic hydroxyl groups is 22. The van der Waals surface area contributed by atoms with Crippen LogP contribution in [-0.4, -0.2) is 386 Å². The molecule has 0 aromatic carbocycles. The van der Waals surface area contributed by atoms with E-state index < -0.39 is 260 Å². The molecule has 82 heavy (non-hydrogen) atoms. The van der Waals surface area contributed by atoms with Gasteiger partial charge in [-0.15, -0.1) is 0 Å². The van der Waals surface area contributed by atoms with Gasteiger partial charge in [-0.25, -0.2) is 0 Å². The zero-order valence-electron chi connectivity index (χ0n) is 43.0. The fraction of sp³-hybridized carbons (Fsp3) is 0.977. The Labute approximate surface area is 462 Å². The molecule has 1 unspecified atom stereocenters. The summed E-state index contributed by atoms with van der Waals surface area (Å²) in [6.45, 7) is -6.22. The van der Waals surface area contributed by atoms with Crippen LogP contribution in [0.3, 0.4) is 0 Å². The summed E-state index contributed by atoms with van der Waals surface area (Å²) in [6, 6.07) is 0. The highest BCUT2D eigenvalue weighted by Gasteiger charge is 2.59. The standard InChI is InChI=1S/C44H76N2O36/c45-1-2-46-37(68)36-35(17(55)23(61)38(69)76-36)82-44-29(67)22(60)34(14(8-52)75-44)81-43-28(66)21(59)33(13(7-51)74-43)80-42-27(65)20(58)32(12(6-50)73-42)79-41-26(64)19(57)31(11(5-49)72-41)78-40-25(63)18(56)30(10(4-48)71-40)77-39-24(62)16(54)15(53)9(3-47)70-39/h9-36,38-44,47-67,69H,1-8,45H2,(H,46,68)/t9-,10-,11-,12-,13-,14-,15-,16+,17-,18-,19-,20-,21-,22-,23-,24-,25-,26-,27-,28-,29-,30-,31-,32-,33-,34-,35+,36+,38?,39-,40-,41-,42-,43-,44-/m1/s1. The topological polar surface area (TPSA) is 620 Å². The summed E-state index contributed by atoms with van der Waals surface area (Å²) in [6.07, 6.45) is -69.0. The van der Waals surface area contributed by atoms with Gasteiger partial charge in [-0.05, 0) is 0 Å². The van der Waals surface area contributed by atoms with Gasteiger partial charge in [0.15, 0.2) is 50.1 Å². The number of hydrogen-bond acceptors (Lipinski definition) is 37. The van der Waals surface area contributed by atoms with Crippen molar-refractivity contribution >= 4 is 5.91 Å². The van der Waals surface area contributed by atoms with Crippen LogP contribution in [0.4, 0.5) is 0 Å². The van der Waals surface area contributed by atoms with E-state index in [1.165, 1.54) is 0 Å². The van der Waals surface area contributed by atoms with Crippen LogP contribution in [0.25, 0.3) is 0 Å². The van der Waals surface area contributed by atoms with Crippen molar-refractivity contribution in [2.45, 2.75) is 215 Å². The van der Waals surface area contributed by atoms with Crippen molar-refractivity contribution < 1.29 is 179 Å². The third-order valence-electron chi connectivity index (χ3n) is 15.0. The molecule has 478 valence electrons. The number of carbonyl (C=O) groups is 1. The molecule has 25 N–H and O–H groups in total. The molecule has 7 heterocycles. The molecule has 7 rings (SSSR count). The Morgan fingerprint density at radius 2 is 0.561 bits per heavy atom. The van der Waals surface area contributed by atoms with Gasteiger partial charge in [-0.1, -0.05) is 0 Å². The molecule has 0 aromatic rings. The number of hydrogen-bond donors (Lipinski definition) is 24. The smallest absolute Gasteiger partial charge is 0.252 e. The fourth-order valence-electron chi connectivity index (χ4n) is 10.3. The summed E-state index contributed by atoms with van der Waals surface area (Å²) in [5.41, 5.74) is 5.41. The first-order valence-corrected chi connectivity index (χ1v) is 25.9. The molecule has 35 atom stereocenters. The predicted octanol–water partition coefficient (Wildman–Crippen LogP) is -17.2. The number of nitrogens with one attached hydrogen (secondary N) is 1. The lowest BCUT2D eigenvalue weighted by Crippen LogP contribution is -2.68. The van der Waals surface area contributed by atoms with E-state index in [1.807, 2.05) is 0 Å². The maximum atomic E-state index is 12.8. The Morgan fingerprint density at radius 3 is 0.829 bits per heavy atom. The van der Waals surface area contributed by atoms with Crippen molar-refractivity contribution in [1.29, 1.82) is 0 Å². The van der Waals surface area contributed by atoms with Crippen LogP contribution < -0.4 is 11.1 Å². The molecule has 38 nitrogen and oxygen atoms in total. The lowest BCUT2D eigenvalue weighted by molar-refractivity contribution is -0.397. The number of carbonyl (C=O) groups excluding carboxylic acids is 1. The quantitative estimate of drug-likeness (QED) is 0.0507. The van der Waals surface area contributed by atoms with E-state index in [1.54, 1.807) is 0 Å². The average Bonchev–Trinajstić information content (AvgIpc) is 2.96. The SMILES string of the molecule is NCCNC(=O)[C@H]1OC(O)[C@H](O)[C@@H](O)[C@@H]1O[C@H]1O[C@H](CO)[C@@H](O[C@H]2O[C@H](CO)[C@@H](O[C@H]3O[C@H](CO)[C@@H](O[C@H]4O[C@H](CO)[C@@H](O[C@H]5O[C@H](CO)[C@@H](O[C@H]6O[C@H](CO)[C@@H](O)[C@H](O)[C@H]6O)[C@H](O)[C@H]5O)[C@H](O)[C@H]4O)[C@H](O)[C@H]3O)[C@H](O)[C@H]2O)[C@H](O)[C@H]1O. The largest absolute Gasteiger partial charge is 0.394 e. The van der Waals surface area contributed by atoms with Crippen LogP contribution >= 0.6 is 0 Å².